The third-order valence-corrected chi connectivity index (χ3v) is 4.58. The Labute approximate surface area is 110 Å². The molecule has 17 heavy (non-hydrogen) atoms. The van der Waals surface area contributed by atoms with Crippen LogP contribution < -0.4 is 11.1 Å². The summed E-state index contributed by atoms with van der Waals surface area (Å²) >= 11 is 3.01. The normalized spacial score (nSPS) is 16.5. The average molecular weight is 274 g/mol. The molecule has 2 unspecified atom stereocenters. The van der Waals surface area contributed by atoms with Crippen molar-refractivity contribution in [3.05, 3.63) is 5.82 Å². The fraction of sp³-hybridized carbons (Fsp3) is 0.700. The zero-order valence-corrected chi connectivity index (χ0v) is 12.1. The van der Waals surface area contributed by atoms with Crippen molar-refractivity contribution in [2.75, 3.05) is 7.05 Å². The van der Waals surface area contributed by atoms with Crippen LogP contribution in [0, 0.1) is 6.92 Å². The van der Waals surface area contributed by atoms with Crippen LogP contribution in [0.3, 0.4) is 0 Å². The van der Waals surface area contributed by atoms with Gasteiger partial charge in [-0.3, -0.25) is 4.79 Å². The number of hydrogen-bond acceptors (Lipinski definition) is 6. The maximum atomic E-state index is 11.4. The highest BCUT2D eigenvalue weighted by Gasteiger charge is 2.31. The highest BCUT2D eigenvalue weighted by Crippen LogP contribution is 2.29. The molecule has 0 saturated heterocycles. The average Bonchev–Trinajstić information content (AvgIpc) is 2.63. The molecule has 1 aromatic rings. The van der Waals surface area contributed by atoms with Gasteiger partial charge in [0.25, 0.3) is 0 Å². The number of carbonyl (C=O) groups excluding carboxylic acids is 1. The molecule has 0 aliphatic carbocycles. The number of rotatable bonds is 6. The quantitative estimate of drug-likeness (QED) is 0.761. The molecule has 0 aliphatic rings. The van der Waals surface area contributed by atoms with Gasteiger partial charge in [-0.1, -0.05) is 18.7 Å². The minimum Gasteiger partial charge on any atom is -0.368 e. The van der Waals surface area contributed by atoms with Gasteiger partial charge in [-0.15, -0.1) is 0 Å². The number of thioether (sulfide) groups is 1. The predicted octanol–water partition coefficient (Wildman–Crippen LogP) is 1.18. The second kappa shape index (κ2) is 5.79. The summed E-state index contributed by atoms with van der Waals surface area (Å²) in [6.07, 6.45) is 0.655. The number of nitrogens with zero attached hydrogens (tertiary/aromatic N) is 2. The van der Waals surface area contributed by atoms with Gasteiger partial charge in [-0.2, -0.15) is 4.37 Å². The van der Waals surface area contributed by atoms with E-state index in [0.717, 1.165) is 10.2 Å². The second-order valence-electron chi connectivity index (χ2n) is 4.19. The monoisotopic (exact) mass is 274 g/mol. The van der Waals surface area contributed by atoms with Gasteiger partial charge in [0.05, 0.1) is 5.54 Å². The Hall–Kier alpha value is -0.660. The van der Waals surface area contributed by atoms with Crippen molar-refractivity contribution in [1.29, 1.82) is 0 Å². The lowest BCUT2D eigenvalue weighted by molar-refractivity contribution is -0.123. The largest absolute Gasteiger partial charge is 0.368 e. The molecule has 0 bridgehead atoms. The summed E-state index contributed by atoms with van der Waals surface area (Å²) in [5.41, 5.74) is 4.72. The molecule has 3 N–H and O–H groups in total. The van der Waals surface area contributed by atoms with E-state index in [1.807, 2.05) is 13.8 Å². The van der Waals surface area contributed by atoms with Crippen molar-refractivity contribution in [2.24, 2.45) is 5.73 Å². The van der Waals surface area contributed by atoms with Crippen LogP contribution in [-0.4, -0.2) is 33.1 Å². The molecule has 5 nitrogen and oxygen atoms in total. The molecule has 0 saturated carbocycles. The summed E-state index contributed by atoms with van der Waals surface area (Å²) < 4.78 is 5.05. The topological polar surface area (TPSA) is 80.9 Å². The van der Waals surface area contributed by atoms with Gasteiger partial charge in [-0.25, -0.2) is 4.98 Å². The zero-order chi connectivity index (χ0) is 13.1. The van der Waals surface area contributed by atoms with Crippen molar-refractivity contribution >= 4 is 29.2 Å². The van der Waals surface area contributed by atoms with Crippen LogP contribution >= 0.6 is 23.3 Å². The van der Waals surface area contributed by atoms with Crippen molar-refractivity contribution in [1.82, 2.24) is 14.7 Å². The van der Waals surface area contributed by atoms with E-state index in [0.29, 0.717) is 6.42 Å². The Morgan fingerprint density at radius 2 is 2.35 bits per heavy atom. The molecule has 2 atom stereocenters. The fourth-order valence-corrected chi connectivity index (χ4v) is 3.59. The summed E-state index contributed by atoms with van der Waals surface area (Å²) in [6, 6.07) is 0. The molecule has 96 valence electrons. The minimum atomic E-state index is -0.674. The summed E-state index contributed by atoms with van der Waals surface area (Å²) in [5.74, 6) is 0.455. The highest BCUT2D eigenvalue weighted by atomic mass is 32.2. The minimum absolute atomic E-state index is 0.243. The molecule has 0 aromatic carbocycles. The van der Waals surface area contributed by atoms with E-state index < -0.39 is 5.54 Å². The van der Waals surface area contributed by atoms with Gasteiger partial charge in [-0.05, 0) is 38.8 Å². The number of hydrogen-bond donors (Lipinski definition) is 2. The molecule has 1 heterocycles. The molecule has 1 amide bonds. The Morgan fingerprint density at radius 3 is 2.76 bits per heavy atom. The fourth-order valence-electron chi connectivity index (χ4n) is 1.44. The zero-order valence-electron chi connectivity index (χ0n) is 10.5. The molecule has 0 aliphatic heterocycles. The third-order valence-electron chi connectivity index (χ3n) is 2.60. The van der Waals surface area contributed by atoms with Gasteiger partial charge in [0, 0.05) is 5.25 Å². The standard InChI is InChI=1S/C10H18N4OS2/c1-6(5-10(3,12-4)8(11)15)16-9-13-7(2)14-17-9/h6,12H,5H2,1-4H3,(H2,11,15). The first-order valence-corrected chi connectivity index (χ1v) is 6.98. The molecule has 0 fully saturated rings. The number of nitrogens with two attached hydrogens (primary N) is 1. The Kier molecular flexibility index (Phi) is 4.91. The van der Waals surface area contributed by atoms with Crippen LogP contribution in [0.4, 0.5) is 0 Å². The lowest BCUT2D eigenvalue weighted by Crippen LogP contribution is -2.52. The Bertz CT molecular complexity index is 395. The van der Waals surface area contributed by atoms with E-state index in [2.05, 4.69) is 21.6 Å². The van der Waals surface area contributed by atoms with E-state index in [1.54, 1.807) is 18.8 Å². The highest BCUT2D eigenvalue weighted by molar-refractivity contribution is 8.01. The summed E-state index contributed by atoms with van der Waals surface area (Å²) in [4.78, 5) is 15.7. The van der Waals surface area contributed by atoms with E-state index >= 15 is 0 Å². The van der Waals surface area contributed by atoms with Crippen LogP contribution in [-0.2, 0) is 4.79 Å². The van der Waals surface area contributed by atoms with Crippen LogP contribution in [0.5, 0.6) is 0 Å². The van der Waals surface area contributed by atoms with Crippen LogP contribution in [0.1, 0.15) is 26.1 Å². The van der Waals surface area contributed by atoms with E-state index in [1.165, 1.54) is 11.5 Å². The molecule has 0 radical (unpaired) electrons. The molecule has 1 aromatic heterocycles. The lowest BCUT2D eigenvalue weighted by atomic mass is 9.95. The maximum absolute atomic E-state index is 11.4. The molecular formula is C10H18N4OS2. The van der Waals surface area contributed by atoms with Crippen molar-refractivity contribution in [3.63, 3.8) is 0 Å². The maximum Gasteiger partial charge on any atom is 0.237 e. The van der Waals surface area contributed by atoms with E-state index in [9.17, 15) is 4.79 Å². The van der Waals surface area contributed by atoms with E-state index in [-0.39, 0.29) is 11.2 Å². The Morgan fingerprint density at radius 1 is 1.71 bits per heavy atom. The summed E-state index contributed by atoms with van der Waals surface area (Å²) in [6.45, 7) is 5.74. The first-order chi connectivity index (χ1) is 7.87. The molecular weight excluding hydrogens is 256 g/mol. The molecule has 1 rings (SSSR count). The van der Waals surface area contributed by atoms with Crippen molar-refractivity contribution in [3.8, 4) is 0 Å². The number of nitrogens with one attached hydrogen (secondary N) is 1. The van der Waals surface area contributed by atoms with Gasteiger partial charge >= 0.3 is 0 Å². The first kappa shape index (κ1) is 14.4. The first-order valence-electron chi connectivity index (χ1n) is 5.33. The van der Waals surface area contributed by atoms with E-state index in [4.69, 9.17) is 5.73 Å². The van der Waals surface area contributed by atoms with Crippen molar-refractivity contribution in [2.45, 2.75) is 42.3 Å². The SMILES string of the molecule is CNC(C)(CC(C)Sc1nc(C)ns1)C(N)=O. The third kappa shape index (κ3) is 3.93. The number of primary amides is 1. The second-order valence-corrected chi connectivity index (χ2v) is 6.62. The van der Waals surface area contributed by atoms with Gasteiger partial charge in [0.1, 0.15) is 5.82 Å². The Balaban J connectivity index is 2.59. The number of amides is 1. The number of aromatic nitrogens is 2. The van der Waals surface area contributed by atoms with Crippen LogP contribution in [0.25, 0.3) is 0 Å². The van der Waals surface area contributed by atoms with Crippen LogP contribution in [0.2, 0.25) is 0 Å². The summed E-state index contributed by atoms with van der Waals surface area (Å²) in [5, 5.41) is 3.22. The van der Waals surface area contributed by atoms with Gasteiger partial charge < -0.3 is 11.1 Å². The summed E-state index contributed by atoms with van der Waals surface area (Å²) in [7, 11) is 1.75. The predicted molar refractivity (Wildman–Crippen MR) is 71.2 cm³/mol. The smallest absolute Gasteiger partial charge is 0.237 e. The van der Waals surface area contributed by atoms with Crippen molar-refractivity contribution < 1.29 is 4.79 Å². The number of aryl methyl sites for hydroxylation is 1. The lowest BCUT2D eigenvalue weighted by Gasteiger charge is -2.27. The van der Waals surface area contributed by atoms with Gasteiger partial charge in [0.15, 0.2) is 4.34 Å². The van der Waals surface area contributed by atoms with Gasteiger partial charge in [0.2, 0.25) is 5.91 Å². The van der Waals surface area contributed by atoms with Crippen LogP contribution in [0.15, 0.2) is 4.34 Å². The molecule has 0 spiro atoms. The molecule has 7 heteroatoms. The number of likely N-dealkylation sites (N-methyl/N-ethyl adjacent to an activating group) is 1. The number of carbonyl (C=O) groups is 1.